The van der Waals surface area contributed by atoms with Gasteiger partial charge in [0.05, 0.1) is 0 Å². The van der Waals surface area contributed by atoms with Gasteiger partial charge in [-0.2, -0.15) is 0 Å². The molecule has 0 bridgehead atoms. The number of hydrogen-bond acceptors (Lipinski definition) is 6. The van der Waals surface area contributed by atoms with Gasteiger partial charge in [-0.3, -0.25) is 0 Å². The zero-order valence-corrected chi connectivity index (χ0v) is 12.5. The predicted molar refractivity (Wildman–Crippen MR) is 82.2 cm³/mol. The van der Waals surface area contributed by atoms with Gasteiger partial charge in [0.2, 0.25) is 0 Å². The summed E-state index contributed by atoms with van der Waals surface area (Å²) in [6, 6.07) is 13.0. The molecule has 0 aliphatic carbocycles. The molecule has 0 aliphatic heterocycles. The van der Waals surface area contributed by atoms with Gasteiger partial charge in [-0.15, -0.1) is 8.42 Å². The van der Waals surface area contributed by atoms with E-state index in [4.69, 9.17) is 8.37 Å². The van der Waals surface area contributed by atoms with Crippen molar-refractivity contribution in [2.75, 3.05) is 24.7 Å². The molecule has 0 radical (unpaired) electrons. The highest BCUT2D eigenvalue weighted by atomic mass is 32.3. The third kappa shape index (κ3) is 4.28. The minimum Gasteiger partial charge on any atom is -0.388 e. The molecule has 0 fully saturated rings. The SMILES string of the molecule is CNc1ccc(OS(=O)(=O)Oc2ccc(NC)cc2)cc1. The number of hydrogen-bond donors (Lipinski definition) is 2. The Balaban J connectivity index is 2.06. The minimum absolute atomic E-state index is 0.181. The first-order valence-corrected chi connectivity index (χ1v) is 7.55. The lowest BCUT2D eigenvalue weighted by molar-refractivity contribution is 0.392. The van der Waals surface area contributed by atoms with Crippen LogP contribution in [0, 0.1) is 0 Å². The van der Waals surface area contributed by atoms with E-state index in [9.17, 15) is 8.42 Å². The molecule has 0 saturated carbocycles. The molecule has 0 amide bonds. The third-order valence-electron chi connectivity index (χ3n) is 2.68. The predicted octanol–water partition coefficient (Wildman–Crippen LogP) is 2.47. The van der Waals surface area contributed by atoms with Crippen LogP contribution in [0.5, 0.6) is 11.5 Å². The Morgan fingerprint density at radius 2 is 1.05 bits per heavy atom. The lowest BCUT2D eigenvalue weighted by atomic mass is 10.3. The van der Waals surface area contributed by atoms with Gasteiger partial charge in [0.15, 0.2) is 0 Å². The van der Waals surface area contributed by atoms with E-state index in [1.807, 2.05) is 0 Å². The van der Waals surface area contributed by atoms with Crippen LogP contribution >= 0.6 is 0 Å². The Labute approximate surface area is 124 Å². The number of rotatable bonds is 6. The van der Waals surface area contributed by atoms with E-state index in [0.717, 1.165) is 11.4 Å². The molecule has 7 heteroatoms. The molecule has 0 aromatic heterocycles. The molecule has 2 rings (SSSR count). The van der Waals surface area contributed by atoms with E-state index in [1.165, 1.54) is 24.3 Å². The Morgan fingerprint density at radius 3 is 1.33 bits per heavy atom. The van der Waals surface area contributed by atoms with Crippen molar-refractivity contribution >= 4 is 21.8 Å². The maximum Gasteiger partial charge on any atom is 0.500 e. The lowest BCUT2D eigenvalue weighted by Gasteiger charge is -2.09. The van der Waals surface area contributed by atoms with Crippen molar-refractivity contribution in [1.29, 1.82) is 0 Å². The minimum atomic E-state index is -4.17. The second kappa shape index (κ2) is 6.36. The largest absolute Gasteiger partial charge is 0.500 e. The highest BCUT2D eigenvalue weighted by Crippen LogP contribution is 2.20. The summed E-state index contributed by atoms with van der Waals surface area (Å²) in [4.78, 5) is 0. The van der Waals surface area contributed by atoms with Crippen LogP contribution in [0.25, 0.3) is 0 Å². The average molecular weight is 308 g/mol. The van der Waals surface area contributed by atoms with Crippen LogP contribution in [0.4, 0.5) is 11.4 Å². The summed E-state index contributed by atoms with van der Waals surface area (Å²) < 4.78 is 33.3. The first kappa shape index (κ1) is 15.0. The van der Waals surface area contributed by atoms with Gasteiger partial charge in [0.1, 0.15) is 11.5 Å². The van der Waals surface area contributed by atoms with Crippen LogP contribution in [0.15, 0.2) is 48.5 Å². The second-order valence-electron chi connectivity index (χ2n) is 4.12. The molecule has 0 saturated heterocycles. The van der Waals surface area contributed by atoms with Crippen LogP contribution in [-0.4, -0.2) is 22.5 Å². The van der Waals surface area contributed by atoms with Crippen molar-refractivity contribution in [2.45, 2.75) is 0 Å². The standard InChI is InChI=1S/C14H16N2O4S/c1-15-11-3-7-13(8-4-11)19-21(17,18)20-14-9-5-12(16-2)6-10-14/h3-10,15-16H,1-2H3. The van der Waals surface area contributed by atoms with E-state index >= 15 is 0 Å². The molecule has 2 N–H and O–H groups in total. The molecule has 21 heavy (non-hydrogen) atoms. The van der Waals surface area contributed by atoms with Crippen molar-refractivity contribution in [1.82, 2.24) is 0 Å². The van der Waals surface area contributed by atoms with Crippen molar-refractivity contribution in [3.05, 3.63) is 48.5 Å². The molecule has 6 nitrogen and oxygen atoms in total. The third-order valence-corrected chi connectivity index (χ3v) is 3.48. The quantitative estimate of drug-likeness (QED) is 0.854. The summed E-state index contributed by atoms with van der Waals surface area (Å²) in [5.74, 6) is 0.363. The summed E-state index contributed by atoms with van der Waals surface area (Å²) in [6.45, 7) is 0. The van der Waals surface area contributed by atoms with Crippen LogP contribution in [0.1, 0.15) is 0 Å². The van der Waals surface area contributed by atoms with Crippen LogP contribution < -0.4 is 19.0 Å². The molecule has 2 aromatic carbocycles. The van der Waals surface area contributed by atoms with Crippen LogP contribution in [0.3, 0.4) is 0 Å². The fraction of sp³-hybridized carbons (Fsp3) is 0.143. The van der Waals surface area contributed by atoms with Crippen LogP contribution in [0.2, 0.25) is 0 Å². The fourth-order valence-electron chi connectivity index (χ4n) is 1.61. The summed E-state index contributed by atoms with van der Waals surface area (Å²) >= 11 is 0. The highest BCUT2D eigenvalue weighted by Gasteiger charge is 2.15. The highest BCUT2D eigenvalue weighted by molar-refractivity contribution is 7.82. The summed E-state index contributed by atoms with van der Waals surface area (Å²) in [5, 5.41) is 5.85. The van der Waals surface area contributed by atoms with E-state index < -0.39 is 10.4 Å². The van der Waals surface area contributed by atoms with Gasteiger partial charge in [-0.05, 0) is 48.5 Å². The Morgan fingerprint density at radius 1 is 0.714 bits per heavy atom. The monoisotopic (exact) mass is 308 g/mol. The van der Waals surface area contributed by atoms with Gasteiger partial charge in [-0.25, -0.2) is 0 Å². The van der Waals surface area contributed by atoms with Crippen molar-refractivity contribution in [3.63, 3.8) is 0 Å². The summed E-state index contributed by atoms with van der Waals surface area (Å²) in [5.41, 5.74) is 1.70. The first-order valence-electron chi connectivity index (χ1n) is 6.22. The van der Waals surface area contributed by atoms with Gasteiger partial charge in [0, 0.05) is 25.5 Å². The Bertz CT molecular complexity index is 626. The van der Waals surface area contributed by atoms with Gasteiger partial charge < -0.3 is 19.0 Å². The van der Waals surface area contributed by atoms with Crippen LogP contribution in [-0.2, 0) is 10.4 Å². The Kier molecular flexibility index (Phi) is 4.54. The lowest BCUT2D eigenvalue weighted by Crippen LogP contribution is -2.16. The maximum atomic E-state index is 11.8. The fourth-order valence-corrected chi connectivity index (χ4v) is 2.33. The number of anilines is 2. The maximum absolute atomic E-state index is 11.8. The van der Waals surface area contributed by atoms with Gasteiger partial charge in [0.25, 0.3) is 0 Å². The Hall–Kier alpha value is -2.41. The van der Waals surface area contributed by atoms with Crippen molar-refractivity contribution < 1.29 is 16.8 Å². The summed E-state index contributed by atoms with van der Waals surface area (Å²) in [6.07, 6.45) is 0. The topological polar surface area (TPSA) is 76.7 Å². The molecule has 0 aliphatic rings. The average Bonchev–Trinajstić information content (AvgIpc) is 2.48. The summed E-state index contributed by atoms with van der Waals surface area (Å²) in [7, 11) is -0.631. The molecule has 0 spiro atoms. The molecule has 0 unspecified atom stereocenters. The van der Waals surface area contributed by atoms with Crippen molar-refractivity contribution in [2.24, 2.45) is 0 Å². The van der Waals surface area contributed by atoms with Gasteiger partial charge >= 0.3 is 10.4 Å². The number of nitrogens with one attached hydrogen (secondary N) is 2. The van der Waals surface area contributed by atoms with Gasteiger partial charge in [-0.1, -0.05) is 0 Å². The van der Waals surface area contributed by atoms with E-state index in [0.29, 0.717) is 0 Å². The number of benzene rings is 2. The smallest absolute Gasteiger partial charge is 0.388 e. The van der Waals surface area contributed by atoms with E-state index in [1.54, 1.807) is 38.4 Å². The molecular weight excluding hydrogens is 292 g/mol. The second-order valence-corrected chi connectivity index (χ2v) is 5.27. The first-order chi connectivity index (χ1) is 10.0. The molecule has 0 atom stereocenters. The zero-order chi connectivity index (χ0) is 15.3. The van der Waals surface area contributed by atoms with E-state index in [2.05, 4.69) is 10.6 Å². The molecule has 0 heterocycles. The van der Waals surface area contributed by atoms with E-state index in [-0.39, 0.29) is 11.5 Å². The molecular formula is C14H16N2O4S. The zero-order valence-electron chi connectivity index (χ0n) is 11.7. The van der Waals surface area contributed by atoms with Crippen molar-refractivity contribution in [3.8, 4) is 11.5 Å². The molecule has 112 valence electrons. The normalized spacial score (nSPS) is 10.8. The molecule has 2 aromatic rings.